The number of hydrogen-bond acceptors (Lipinski definition) is 2. The number of fused-ring (bicyclic) bond motifs is 3. The molecule has 3 heterocycles. The highest BCUT2D eigenvalue weighted by Crippen LogP contribution is 2.16. The summed E-state index contributed by atoms with van der Waals surface area (Å²) in [6.07, 6.45) is 0. The molecule has 0 spiro atoms. The summed E-state index contributed by atoms with van der Waals surface area (Å²) < 4.78 is 0. The maximum absolute atomic E-state index is 11.1. The SMILES string of the molecule is CC1CN2CCN1C(=O)C2=O. The Bertz CT molecular complexity index is 226. The van der Waals surface area contributed by atoms with Crippen LogP contribution < -0.4 is 0 Å². The second-order valence-electron chi connectivity index (χ2n) is 3.10. The lowest BCUT2D eigenvalue weighted by molar-refractivity contribution is -0.164. The minimum atomic E-state index is -0.325. The number of amides is 2. The summed E-state index contributed by atoms with van der Waals surface area (Å²) in [6, 6.07) is 0.217. The van der Waals surface area contributed by atoms with Gasteiger partial charge >= 0.3 is 11.8 Å². The lowest BCUT2D eigenvalue weighted by Crippen LogP contribution is -2.65. The van der Waals surface area contributed by atoms with Crippen LogP contribution in [0.5, 0.6) is 0 Å². The van der Waals surface area contributed by atoms with E-state index >= 15 is 0 Å². The van der Waals surface area contributed by atoms with Crippen molar-refractivity contribution in [3.8, 4) is 0 Å². The monoisotopic (exact) mass is 154 g/mol. The van der Waals surface area contributed by atoms with Crippen molar-refractivity contribution in [2.24, 2.45) is 0 Å². The van der Waals surface area contributed by atoms with Crippen LogP contribution in [-0.4, -0.2) is 47.3 Å². The predicted octanol–water partition coefficient (Wildman–Crippen LogP) is -0.941. The van der Waals surface area contributed by atoms with Gasteiger partial charge in [0.1, 0.15) is 0 Å². The summed E-state index contributed by atoms with van der Waals surface area (Å²) in [5.74, 6) is -0.649. The van der Waals surface area contributed by atoms with Gasteiger partial charge in [-0.3, -0.25) is 9.59 Å². The molecule has 0 aromatic carbocycles. The Morgan fingerprint density at radius 1 is 1.27 bits per heavy atom. The second kappa shape index (κ2) is 1.96. The molecule has 60 valence electrons. The Labute approximate surface area is 64.8 Å². The molecular formula is C7H10N2O2. The molecule has 0 N–H and O–H groups in total. The van der Waals surface area contributed by atoms with Crippen LogP contribution in [0.2, 0.25) is 0 Å². The fourth-order valence-electron chi connectivity index (χ4n) is 1.70. The number of piperazine rings is 3. The van der Waals surface area contributed by atoms with E-state index in [9.17, 15) is 9.59 Å². The van der Waals surface area contributed by atoms with E-state index in [1.165, 1.54) is 0 Å². The van der Waals surface area contributed by atoms with Crippen molar-refractivity contribution in [3.63, 3.8) is 0 Å². The molecule has 11 heavy (non-hydrogen) atoms. The molecule has 3 fully saturated rings. The van der Waals surface area contributed by atoms with Crippen LogP contribution in [0, 0.1) is 0 Å². The van der Waals surface area contributed by atoms with E-state index < -0.39 is 0 Å². The molecule has 3 saturated heterocycles. The lowest BCUT2D eigenvalue weighted by Gasteiger charge is -2.44. The topological polar surface area (TPSA) is 40.6 Å². The van der Waals surface area contributed by atoms with Gasteiger partial charge in [-0.25, -0.2) is 0 Å². The molecule has 1 unspecified atom stereocenters. The number of carbonyl (C=O) groups excluding carboxylic acids is 2. The second-order valence-corrected chi connectivity index (χ2v) is 3.10. The largest absolute Gasteiger partial charge is 0.331 e. The van der Waals surface area contributed by atoms with Crippen molar-refractivity contribution in [3.05, 3.63) is 0 Å². The molecule has 0 saturated carbocycles. The Kier molecular flexibility index (Phi) is 1.19. The van der Waals surface area contributed by atoms with Gasteiger partial charge in [0.15, 0.2) is 0 Å². The van der Waals surface area contributed by atoms with E-state index in [-0.39, 0.29) is 17.9 Å². The van der Waals surface area contributed by atoms with Crippen molar-refractivity contribution in [2.45, 2.75) is 13.0 Å². The maximum atomic E-state index is 11.1. The first kappa shape index (κ1) is 6.64. The number of rotatable bonds is 0. The number of hydrogen-bond donors (Lipinski definition) is 0. The Morgan fingerprint density at radius 2 is 2.00 bits per heavy atom. The first-order chi connectivity index (χ1) is 5.20. The van der Waals surface area contributed by atoms with E-state index in [2.05, 4.69) is 0 Å². The molecule has 0 aliphatic carbocycles. The third kappa shape index (κ3) is 0.751. The zero-order valence-corrected chi connectivity index (χ0v) is 6.41. The maximum Gasteiger partial charge on any atom is 0.312 e. The van der Waals surface area contributed by atoms with Crippen LogP contribution in [0.3, 0.4) is 0 Å². The Balaban J connectivity index is 2.30. The van der Waals surface area contributed by atoms with Crippen molar-refractivity contribution >= 4 is 11.8 Å². The molecule has 3 aliphatic heterocycles. The Morgan fingerprint density at radius 3 is 2.45 bits per heavy atom. The molecule has 1 atom stereocenters. The average Bonchev–Trinajstić information content (AvgIpc) is 1.99. The van der Waals surface area contributed by atoms with Gasteiger partial charge in [0.2, 0.25) is 0 Å². The molecule has 2 amide bonds. The molecule has 0 aromatic heterocycles. The molecule has 0 aromatic rings. The van der Waals surface area contributed by atoms with Crippen molar-refractivity contribution in [1.29, 1.82) is 0 Å². The van der Waals surface area contributed by atoms with E-state index in [1.54, 1.807) is 9.80 Å². The third-order valence-corrected chi connectivity index (χ3v) is 2.36. The van der Waals surface area contributed by atoms with E-state index in [0.717, 1.165) is 6.54 Å². The predicted molar refractivity (Wildman–Crippen MR) is 37.8 cm³/mol. The normalized spacial score (nSPS) is 30.1. The lowest BCUT2D eigenvalue weighted by atomic mass is 10.1. The molecule has 4 heteroatoms. The zero-order chi connectivity index (χ0) is 8.01. The molecule has 4 nitrogen and oxygen atoms in total. The zero-order valence-electron chi connectivity index (χ0n) is 6.41. The van der Waals surface area contributed by atoms with Gasteiger partial charge in [0.25, 0.3) is 0 Å². The van der Waals surface area contributed by atoms with Crippen molar-refractivity contribution in [1.82, 2.24) is 9.80 Å². The fraction of sp³-hybridized carbons (Fsp3) is 0.714. The molecule has 3 aliphatic rings. The number of carbonyl (C=O) groups is 2. The van der Waals surface area contributed by atoms with E-state index in [1.807, 2.05) is 6.92 Å². The Hall–Kier alpha value is -1.06. The van der Waals surface area contributed by atoms with Gasteiger partial charge in [-0.05, 0) is 6.92 Å². The average molecular weight is 154 g/mol. The van der Waals surface area contributed by atoms with Gasteiger partial charge < -0.3 is 9.80 Å². The first-order valence-electron chi connectivity index (χ1n) is 3.80. The van der Waals surface area contributed by atoms with Crippen LogP contribution in [0.4, 0.5) is 0 Å². The van der Waals surface area contributed by atoms with Crippen molar-refractivity contribution in [2.75, 3.05) is 19.6 Å². The van der Waals surface area contributed by atoms with Crippen LogP contribution in [0.25, 0.3) is 0 Å². The summed E-state index contributed by atoms with van der Waals surface area (Å²) in [5, 5.41) is 0. The van der Waals surface area contributed by atoms with Gasteiger partial charge in [-0.15, -0.1) is 0 Å². The van der Waals surface area contributed by atoms with Crippen LogP contribution in [-0.2, 0) is 9.59 Å². The number of nitrogens with zero attached hydrogens (tertiary/aromatic N) is 2. The highest BCUT2D eigenvalue weighted by atomic mass is 16.2. The molecule has 0 radical (unpaired) electrons. The quantitative estimate of drug-likeness (QED) is 0.422. The fourth-order valence-corrected chi connectivity index (χ4v) is 1.70. The summed E-state index contributed by atoms with van der Waals surface area (Å²) in [7, 11) is 0. The molecule has 2 bridgehead atoms. The van der Waals surface area contributed by atoms with Gasteiger partial charge in [-0.1, -0.05) is 0 Å². The van der Waals surface area contributed by atoms with E-state index in [0.29, 0.717) is 13.1 Å². The van der Waals surface area contributed by atoms with Crippen LogP contribution >= 0.6 is 0 Å². The summed E-state index contributed by atoms with van der Waals surface area (Å²) >= 11 is 0. The first-order valence-corrected chi connectivity index (χ1v) is 3.80. The van der Waals surface area contributed by atoms with E-state index in [4.69, 9.17) is 0 Å². The smallest absolute Gasteiger partial charge is 0.312 e. The minimum Gasteiger partial charge on any atom is -0.331 e. The third-order valence-electron chi connectivity index (χ3n) is 2.36. The van der Waals surface area contributed by atoms with Gasteiger partial charge in [0, 0.05) is 25.7 Å². The van der Waals surface area contributed by atoms with Gasteiger partial charge in [0.05, 0.1) is 0 Å². The van der Waals surface area contributed by atoms with Crippen LogP contribution in [0.1, 0.15) is 6.92 Å². The van der Waals surface area contributed by atoms with Gasteiger partial charge in [-0.2, -0.15) is 0 Å². The van der Waals surface area contributed by atoms with Crippen molar-refractivity contribution < 1.29 is 9.59 Å². The highest BCUT2D eigenvalue weighted by molar-refractivity contribution is 6.36. The standard InChI is InChI=1S/C7H10N2O2/c1-5-4-8-2-3-9(5)7(11)6(8)10/h5H,2-4H2,1H3. The molecular weight excluding hydrogens is 144 g/mol. The summed E-state index contributed by atoms with van der Waals surface area (Å²) in [5.41, 5.74) is 0. The minimum absolute atomic E-state index is 0.217. The summed E-state index contributed by atoms with van der Waals surface area (Å²) in [4.78, 5) is 25.5. The summed E-state index contributed by atoms with van der Waals surface area (Å²) in [6.45, 7) is 4.11. The highest BCUT2D eigenvalue weighted by Gasteiger charge is 2.41. The van der Waals surface area contributed by atoms with Crippen LogP contribution in [0.15, 0.2) is 0 Å². The molecule has 3 rings (SSSR count).